The van der Waals surface area contributed by atoms with E-state index in [1.165, 1.54) is 11.1 Å². The van der Waals surface area contributed by atoms with Gasteiger partial charge in [0.2, 0.25) is 0 Å². The van der Waals surface area contributed by atoms with Crippen molar-refractivity contribution < 1.29 is 0 Å². The van der Waals surface area contributed by atoms with E-state index >= 15 is 0 Å². The van der Waals surface area contributed by atoms with Crippen LogP contribution in [0.25, 0.3) is 0 Å². The number of rotatable bonds is 5. The van der Waals surface area contributed by atoms with Gasteiger partial charge in [-0.2, -0.15) is 0 Å². The molecule has 1 aromatic heterocycles. The molecule has 0 aliphatic carbocycles. The lowest BCUT2D eigenvalue weighted by atomic mass is 10.0. The first kappa shape index (κ1) is 15.2. The molecule has 2 N–H and O–H groups in total. The zero-order chi connectivity index (χ0) is 14.5. The molecule has 1 heterocycles. The van der Waals surface area contributed by atoms with E-state index in [1.807, 2.05) is 24.4 Å². The summed E-state index contributed by atoms with van der Waals surface area (Å²) in [5, 5.41) is 0. The van der Waals surface area contributed by atoms with Crippen LogP contribution in [0, 0.1) is 6.92 Å². The fraction of sp³-hybridized carbons (Fsp3) is 0.312. The summed E-state index contributed by atoms with van der Waals surface area (Å²) in [6.45, 7) is 3.45. The van der Waals surface area contributed by atoms with Gasteiger partial charge in [0.05, 0.1) is 5.69 Å². The van der Waals surface area contributed by atoms with Crippen LogP contribution in [0.5, 0.6) is 0 Å². The maximum Gasteiger partial charge on any atom is 0.0544 e. The molecule has 2 rings (SSSR count). The van der Waals surface area contributed by atoms with Gasteiger partial charge < -0.3 is 5.73 Å². The zero-order valence-electron chi connectivity index (χ0n) is 11.9. The van der Waals surface area contributed by atoms with Gasteiger partial charge in [-0.1, -0.05) is 34.1 Å². The largest absolute Gasteiger partial charge is 0.329 e. The van der Waals surface area contributed by atoms with Crippen molar-refractivity contribution >= 4 is 15.9 Å². The summed E-state index contributed by atoms with van der Waals surface area (Å²) in [6, 6.07) is 12.6. The van der Waals surface area contributed by atoms with Gasteiger partial charge in [0, 0.05) is 29.8 Å². The molecule has 20 heavy (non-hydrogen) atoms. The van der Waals surface area contributed by atoms with Gasteiger partial charge >= 0.3 is 0 Å². The number of hydrogen-bond acceptors (Lipinski definition) is 3. The highest BCUT2D eigenvalue weighted by molar-refractivity contribution is 9.10. The first-order valence-corrected chi connectivity index (χ1v) is 7.47. The molecule has 0 radical (unpaired) electrons. The third kappa shape index (κ3) is 3.66. The fourth-order valence-electron chi connectivity index (χ4n) is 2.24. The topological polar surface area (TPSA) is 42.1 Å². The Morgan fingerprint density at radius 2 is 2.10 bits per heavy atom. The van der Waals surface area contributed by atoms with Crippen molar-refractivity contribution in [3.63, 3.8) is 0 Å². The molecule has 0 aliphatic rings. The highest BCUT2D eigenvalue weighted by Crippen LogP contribution is 2.25. The van der Waals surface area contributed by atoms with Crippen molar-refractivity contribution in [3.05, 3.63) is 63.9 Å². The average Bonchev–Trinajstić information content (AvgIpc) is 2.44. The fourth-order valence-corrected chi connectivity index (χ4v) is 2.64. The van der Waals surface area contributed by atoms with Gasteiger partial charge in [-0.3, -0.25) is 9.88 Å². The average molecular weight is 334 g/mol. The van der Waals surface area contributed by atoms with E-state index in [0.717, 1.165) is 16.7 Å². The summed E-state index contributed by atoms with van der Waals surface area (Å²) in [5.74, 6) is 0. The first-order chi connectivity index (χ1) is 9.61. The molecule has 0 fully saturated rings. The standard InChI is InChI=1S/C16H20BrN3/c1-12-6-7-13(9-15(12)17)16(10-18)20(2)11-14-5-3-4-8-19-14/h3-9,16H,10-11,18H2,1-2H3. The van der Waals surface area contributed by atoms with E-state index in [2.05, 4.69) is 58.0 Å². The van der Waals surface area contributed by atoms with Crippen molar-refractivity contribution in [2.75, 3.05) is 13.6 Å². The highest BCUT2D eigenvalue weighted by atomic mass is 79.9. The van der Waals surface area contributed by atoms with Gasteiger partial charge in [-0.15, -0.1) is 0 Å². The van der Waals surface area contributed by atoms with Crippen LogP contribution >= 0.6 is 15.9 Å². The van der Waals surface area contributed by atoms with Crippen molar-refractivity contribution in [2.24, 2.45) is 5.73 Å². The van der Waals surface area contributed by atoms with E-state index in [0.29, 0.717) is 6.54 Å². The molecule has 4 heteroatoms. The van der Waals surface area contributed by atoms with Crippen LogP contribution in [0.4, 0.5) is 0 Å². The monoisotopic (exact) mass is 333 g/mol. The zero-order valence-corrected chi connectivity index (χ0v) is 13.5. The molecule has 0 amide bonds. The Bertz CT molecular complexity index is 557. The van der Waals surface area contributed by atoms with Gasteiger partial charge in [-0.05, 0) is 43.3 Å². The maximum absolute atomic E-state index is 5.97. The molecule has 1 unspecified atom stereocenters. The second-order valence-electron chi connectivity index (χ2n) is 5.00. The molecule has 0 saturated heterocycles. The lowest BCUT2D eigenvalue weighted by molar-refractivity contribution is 0.239. The number of likely N-dealkylation sites (N-methyl/N-ethyl adjacent to an activating group) is 1. The normalized spacial score (nSPS) is 12.7. The second kappa shape index (κ2) is 6.97. The minimum absolute atomic E-state index is 0.189. The van der Waals surface area contributed by atoms with Crippen LogP contribution in [-0.4, -0.2) is 23.5 Å². The van der Waals surface area contributed by atoms with Crippen molar-refractivity contribution in [1.29, 1.82) is 0 Å². The van der Waals surface area contributed by atoms with Gasteiger partial charge in [0.25, 0.3) is 0 Å². The van der Waals surface area contributed by atoms with E-state index < -0.39 is 0 Å². The molecule has 0 spiro atoms. The van der Waals surface area contributed by atoms with Gasteiger partial charge in [0.1, 0.15) is 0 Å². The number of benzene rings is 1. The maximum atomic E-state index is 5.97. The summed E-state index contributed by atoms with van der Waals surface area (Å²) in [5.41, 5.74) is 9.48. The molecular weight excluding hydrogens is 314 g/mol. The second-order valence-corrected chi connectivity index (χ2v) is 5.85. The lowest BCUT2D eigenvalue weighted by Crippen LogP contribution is -2.30. The van der Waals surface area contributed by atoms with Crippen LogP contribution in [0.1, 0.15) is 22.9 Å². The molecule has 1 atom stereocenters. The van der Waals surface area contributed by atoms with E-state index in [9.17, 15) is 0 Å². The molecule has 0 aliphatic heterocycles. The molecule has 0 bridgehead atoms. The smallest absolute Gasteiger partial charge is 0.0544 e. The molecule has 106 valence electrons. The van der Waals surface area contributed by atoms with E-state index in [1.54, 1.807) is 0 Å². The number of aryl methyl sites for hydroxylation is 1. The number of aromatic nitrogens is 1. The number of pyridine rings is 1. The Hall–Kier alpha value is -1.23. The van der Waals surface area contributed by atoms with E-state index in [-0.39, 0.29) is 6.04 Å². The minimum Gasteiger partial charge on any atom is -0.329 e. The predicted molar refractivity (Wildman–Crippen MR) is 86.4 cm³/mol. The summed E-state index contributed by atoms with van der Waals surface area (Å²) in [4.78, 5) is 6.60. The SMILES string of the molecule is Cc1ccc(C(CN)N(C)Cc2ccccn2)cc1Br. The first-order valence-electron chi connectivity index (χ1n) is 6.68. The number of nitrogens with zero attached hydrogens (tertiary/aromatic N) is 2. The third-order valence-corrected chi connectivity index (χ3v) is 4.33. The van der Waals surface area contributed by atoms with Crippen molar-refractivity contribution in [2.45, 2.75) is 19.5 Å². The number of halogens is 1. The van der Waals surface area contributed by atoms with Crippen LogP contribution in [0.2, 0.25) is 0 Å². The Kier molecular flexibility index (Phi) is 5.29. The van der Waals surface area contributed by atoms with Crippen LogP contribution < -0.4 is 5.73 Å². The summed E-state index contributed by atoms with van der Waals surface area (Å²) < 4.78 is 1.12. The summed E-state index contributed by atoms with van der Waals surface area (Å²) in [6.07, 6.45) is 1.82. The summed E-state index contributed by atoms with van der Waals surface area (Å²) in [7, 11) is 2.08. The Morgan fingerprint density at radius 1 is 1.30 bits per heavy atom. The molecule has 3 nitrogen and oxygen atoms in total. The molecule has 2 aromatic rings. The third-order valence-electron chi connectivity index (χ3n) is 3.47. The quantitative estimate of drug-likeness (QED) is 0.912. The molecule has 1 aromatic carbocycles. The summed E-state index contributed by atoms with van der Waals surface area (Å²) >= 11 is 3.59. The highest BCUT2D eigenvalue weighted by Gasteiger charge is 2.16. The Labute approximate surface area is 129 Å². The van der Waals surface area contributed by atoms with Crippen LogP contribution in [0.15, 0.2) is 47.1 Å². The van der Waals surface area contributed by atoms with Crippen LogP contribution in [-0.2, 0) is 6.54 Å². The number of hydrogen-bond donors (Lipinski definition) is 1. The molecular formula is C16H20BrN3. The van der Waals surface area contributed by atoms with Crippen molar-refractivity contribution in [1.82, 2.24) is 9.88 Å². The lowest BCUT2D eigenvalue weighted by Gasteiger charge is -2.27. The molecule has 0 saturated carbocycles. The van der Waals surface area contributed by atoms with Crippen LogP contribution in [0.3, 0.4) is 0 Å². The Balaban J connectivity index is 2.16. The minimum atomic E-state index is 0.189. The predicted octanol–water partition coefficient (Wildman–Crippen LogP) is 3.28. The number of nitrogens with two attached hydrogens (primary N) is 1. The van der Waals surface area contributed by atoms with E-state index in [4.69, 9.17) is 5.73 Å². The van der Waals surface area contributed by atoms with Gasteiger partial charge in [-0.25, -0.2) is 0 Å². The van der Waals surface area contributed by atoms with Gasteiger partial charge in [0.15, 0.2) is 0 Å². The van der Waals surface area contributed by atoms with Crippen molar-refractivity contribution in [3.8, 4) is 0 Å². The Morgan fingerprint density at radius 3 is 2.70 bits per heavy atom.